The highest BCUT2D eigenvalue weighted by molar-refractivity contribution is 5.83. The van der Waals surface area contributed by atoms with Crippen molar-refractivity contribution < 1.29 is 14.4 Å². The lowest BCUT2D eigenvalue weighted by atomic mass is 9.73. The third kappa shape index (κ3) is 3.06. The number of ether oxygens (including phenoxy) is 1. The minimum absolute atomic E-state index is 0.0109. The van der Waals surface area contributed by atoms with Gasteiger partial charge in [-0.1, -0.05) is 24.3 Å². The van der Waals surface area contributed by atoms with Gasteiger partial charge in [0.2, 0.25) is 0 Å². The summed E-state index contributed by atoms with van der Waals surface area (Å²) in [5.41, 5.74) is 2.09. The van der Waals surface area contributed by atoms with Gasteiger partial charge in [0.1, 0.15) is 6.04 Å². The van der Waals surface area contributed by atoms with Crippen molar-refractivity contribution in [2.75, 3.05) is 13.1 Å². The molecule has 27 heavy (non-hydrogen) atoms. The van der Waals surface area contributed by atoms with Gasteiger partial charge < -0.3 is 9.64 Å². The Hall–Kier alpha value is -2.20. The van der Waals surface area contributed by atoms with Crippen LogP contribution in [0, 0.1) is 17.8 Å². The molecule has 4 fully saturated rings. The molecule has 0 spiro atoms. The van der Waals surface area contributed by atoms with Crippen LogP contribution in [0.5, 0.6) is 0 Å². The van der Waals surface area contributed by atoms with Crippen LogP contribution in [-0.4, -0.2) is 30.1 Å². The molecule has 1 N–H and O–H groups in total. The first-order valence-electron chi connectivity index (χ1n) is 10.3. The number of para-hydroxylation sites is 1. The summed E-state index contributed by atoms with van der Waals surface area (Å²) in [6.07, 6.45) is 8.11. The van der Waals surface area contributed by atoms with E-state index in [2.05, 4.69) is 29.8 Å². The van der Waals surface area contributed by atoms with Gasteiger partial charge in [0.25, 0.3) is 0 Å². The van der Waals surface area contributed by atoms with Crippen LogP contribution < -0.4 is 4.90 Å². The van der Waals surface area contributed by atoms with E-state index in [1.165, 1.54) is 13.0 Å². The molecule has 6 rings (SSSR count). The number of esters is 1. The highest BCUT2D eigenvalue weighted by Crippen LogP contribution is 2.38. The van der Waals surface area contributed by atoms with Crippen molar-refractivity contribution in [3.05, 3.63) is 54.7 Å². The molecule has 3 aliphatic heterocycles. The zero-order valence-electron chi connectivity index (χ0n) is 15.6. The second-order valence-corrected chi connectivity index (χ2v) is 8.45. The summed E-state index contributed by atoms with van der Waals surface area (Å²) in [7, 11) is 0. The fourth-order valence-electron chi connectivity index (χ4n) is 5.16. The molecule has 1 aliphatic carbocycles. The normalized spacial score (nSPS) is 30.8. The summed E-state index contributed by atoms with van der Waals surface area (Å²) in [6.45, 7) is 6.32. The summed E-state index contributed by atoms with van der Waals surface area (Å²) in [5.74, 6) is 1.37. The minimum Gasteiger partial charge on any atom is -0.451 e. The van der Waals surface area contributed by atoms with Crippen molar-refractivity contribution in [2.24, 2.45) is 17.8 Å². The molecule has 1 saturated carbocycles. The van der Waals surface area contributed by atoms with Gasteiger partial charge in [-0.3, -0.25) is 9.78 Å². The first kappa shape index (κ1) is 16.9. The highest BCUT2D eigenvalue weighted by Gasteiger charge is 2.48. The van der Waals surface area contributed by atoms with Gasteiger partial charge in [-0.15, -0.1) is 6.58 Å². The number of nitrogens with zero attached hydrogens (tertiary/aromatic N) is 1. The zero-order valence-corrected chi connectivity index (χ0v) is 15.6. The predicted octanol–water partition coefficient (Wildman–Crippen LogP) is 2.71. The van der Waals surface area contributed by atoms with Crippen molar-refractivity contribution in [2.45, 2.75) is 37.8 Å². The van der Waals surface area contributed by atoms with Gasteiger partial charge in [0.15, 0.2) is 6.10 Å². The molecule has 1 unspecified atom stereocenters. The lowest BCUT2D eigenvalue weighted by Crippen LogP contribution is -3.20. The van der Waals surface area contributed by atoms with E-state index in [-0.39, 0.29) is 18.0 Å². The molecule has 4 aliphatic rings. The number of rotatable bonds is 5. The van der Waals surface area contributed by atoms with E-state index in [1.807, 2.05) is 24.4 Å². The van der Waals surface area contributed by atoms with Crippen LogP contribution in [0.3, 0.4) is 0 Å². The monoisotopic (exact) mass is 363 g/mol. The smallest absolute Gasteiger partial charge is 0.309 e. The molecule has 4 heterocycles. The number of piperidine rings is 3. The van der Waals surface area contributed by atoms with Gasteiger partial charge in [0, 0.05) is 35.9 Å². The number of quaternary nitrogens is 1. The van der Waals surface area contributed by atoms with Crippen molar-refractivity contribution in [3.8, 4) is 0 Å². The Morgan fingerprint density at radius 1 is 1.26 bits per heavy atom. The fourth-order valence-corrected chi connectivity index (χ4v) is 5.16. The molecular weight excluding hydrogens is 336 g/mol. The Labute approximate surface area is 160 Å². The van der Waals surface area contributed by atoms with E-state index in [9.17, 15) is 4.79 Å². The third-order valence-electron chi connectivity index (χ3n) is 6.83. The van der Waals surface area contributed by atoms with Crippen LogP contribution >= 0.6 is 0 Å². The van der Waals surface area contributed by atoms with Crippen molar-refractivity contribution >= 4 is 16.9 Å². The molecule has 1 aromatic heterocycles. The van der Waals surface area contributed by atoms with E-state index < -0.39 is 0 Å². The minimum atomic E-state index is -0.186. The number of carbonyl (C=O) groups is 1. The van der Waals surface area contributed by atoms with E-state index in [1.54, 1.807) is 4.90 Å². The van der Waals surface area contributed by atoms with Gasteiger partial charge in [-0.05, 0) is 30.9 Å². The van der Waals surface area contributed by atoms with E-state index >= 15 is 0 Å². The van der Waals surface area contributed by atoms with E-state index in [4.69, 9.17) is 4.74 Å². The number of benzene rings is 1. The largest absolute Gasteiger partial charge is 0.451 e. The second kappa shape index (κ2) is 6.75. The number of carbonyl (C=O) groups excluding carboxylic acids is 1. The predicted molar refractivity (Wildman–Crippen MR) is 104 cm³/mol. The van der Waals surface area contributed by atoms with Crippen molar-refractivity contribution in [1.29, 1.82) is 0 Å². The number of fused-ring (bicyclic) bond motifs is 4. The summed E-state index contributed by atoms with van der Waals surface area (Å²) in [4.78, 5) is 18.7. The molecule has 2 bridgehead atoms. The van der Waals surface area contributed by atoms with Crippen molar-refractivity contribution in [1.82, 2.24) is 4.98 Å². The van der Waals surface area contributed by atoms with Crippen LogP contribution in [-0.2, 0) is 9.53 Å². The molecule has 4 nitrogen and oxygen atoms in total. The first-order valence-corrected chi connectivity index (χ1v) is 10.3. The summed E-state index contributed by atoms with van der Waals surface area (Å²) in [6, 6.07) is 10.6. The SMILES string of the molecule is C=C[C@H]1C[NH+]2CC[C@H]1C[C@H]2[C@H](OC(=O)C1CC1)c1ccnc2ccccc12. The van der Waals surface area contributed by atoms with Gasteiger partial charge in [-0.25, -0.2) is 0 Å². The molecular formula is C23H27N2O2+. The highest BCUT2D eigenvalue weighted by atomic mass is 16.5. The maximum atomic E-state index is 12.6. The van der Waals surface area contributed by atoms with Crippen LogP contribution in [0.4, 0.5) is 0 Å². The molecule has 0 amide bonds. The van der Waals surface area contributed by atoms with Crippen LogP contribution in [0.25, 0.3) is 10.9 Å². The first-order chi connectivity index (χ1) is 13.2. The van der Waals surface area contributed by atoms with Gasteiger partial charge in [0.05, 0.1) is 24.5 Å². The standard InChI is InChI=1S/C23H26N2O2/c1-2-15-14-25-12-10-17(15)13-21(25)22(27-23(26)16-7-8-16)19-9-11-24-20-6-4-3-5-18(19)20/h2-6,9,11,15-17,21-22H,1,7-8,10,12-14H2/p+1/t15-,17-,21-,22+/m0/s1. The fraction of sp³-hybridized carbons (Fsp3) is 0.478. The maximum Gasteiger partial charge on any atom is 0.309 e. The van der Waals surface area contributed by atoms with Crippen LogP contribution in [0.15, 0.2) is 49.2 Å². The number of aromatic nitrogens is 1. The number of pyridine rings is 1. The molecule has 3 saturated heterocycles. The summed E-state index contributed by atoms with van der Waals surface area (Å²) >= 11 is 0. The average Bonchev–Trinajstić information content (AvgIpc) is 3.57. The van der Waals surface area contributed by atoms with Gasteiger partial charge >= 0.3 is 5.97 Å². The van der Waals surface area contributed by atoms with Crippen LogP contribution in [0.2, 0.25) is 0 Å². The maximum absolute atomic E-state index is 12.6. The molecule has 0 radical (unpaired) electrons. The van der Waals surface area contributed by atoms with Gasteiger partial charge in [-0.2, -0.15) is 0 Å². The molecule has 2 aromatic rings. The number of hydrogen-bond acceptors (Lipinski definition) is 3. The summed E-state index contributed by atoms with van der Waals surface area (Å²) in [5, 5.41) is 1.11. The van der Waals surface area contributed by atoms with Crippen molar-refractivity contribution in [3.63, 3.8) is 0 Å². The molecule has 4 heteroatoms. The summed E-state index contributed by atoms with van der Waals surface area (Å²) < 4.78 is 6.22. The van der Waals surface area contributed by atoms with E-state index in [0.717, 1.165) is 42.3 Å². The lowest BCUT2D eigenvalue weighted by molar-refractivity contribution is -0.949. The quantitative estimate of drug-likeness (QED) is 0.656. The lowest BCUT2D eigenvalue weighted by Gasteiger charge is -2.48. The van der Waals surface area contributed by atoms with Crippen LogP contribution in [0.1, 0.15) is 37.4 Å². The number of hydrogen-bond donors (Lipinski definition) is 1. The zero-order chi connectivity index (χ0) is 18.4. The average molecular weight is 363 g/mol. The molecule has 140 valence electrons. The Bertz CT molecular complexity index is 870. The molecule has 1 aromatic carbocycles. The Morgan fingerprint density at radius 3 is 2.85 bits per heavy atom. The Kier molecular flexibility index (Phi) is 4.24. The molecule has 5 atom stereocenters. The second-order valence-electron chi connectivity index (χ2n) is 8.45. The third-order valence-corrected chi connectivity index (χ3v) is 6.83. The van der Waals surface area contributed by atoms with E-state index in [0.29, 0.717) is 17.9 Å². The number of nitrogens with one attached hydrogen (secondary N) is 1. The Balaban J connectivity index is 1.53. The Morgan fingerprint density at radius 2 is 2.11 bits per heavy atom. The topological polar surface area (TPSA) is 43.6 Å².